The second-order valence-electron chi connectivity index (χ2n) is 5.07. The van der Waals surface area contributed by atoms with Gasteiger partial charge in [0.15, 0.2) is 0 Å². The van der Waals surface area contributed by atoms with Crippen molar-refractivity contribution in [3.63, 3.8) is 0 Å². The summed E-state index contributed by atoms with van der Waals surface area (Å²) in [7, 11) is 0. The zero-order valence-corrected chi connectivity index (χ0v) is 11.8. The minimum absolute atomic E-state index is 0.142. The van der Waals surface area contributed by atoms with Crippen molar-refractivity contribution in [2.45, 2.75) is 45.2 Å². The smallest absolute Gasteiger partial charge is 0.125 e. The summed E-state index contributed by atoms with van der Waals surface area (Å²) in [5, 5.41) is 3.68. The summed E-state index contributed by atoms with van der Waals surface area (Å²) in [6.45, 7) is 4.47. The summed E-state index contributed by atoms with van der Waals surface area (Å²) in [5.74, 6) is 0.981. The highest BCUT2D eigenvalue weighted by atomic mass is 16.3. The molecule has 2 aromatic rings. The van der Waals surface area contributed by atoms with Crippen molar-refractivity contribution < 1.29 is 4.42 Å². The van der Waals surface area contributed by atoms with Crippen LogP contribution >= 0.6 is 0 Å². The molecule has 0 aliphatic heterocycles. The van der Waals surface area contributed by atoms with Gasteiger partial charge in [-0.15, -0.1) is 0 Å². The van der Waals surface area contributed by atoms with Crippen LogP contribution in [0.2, 0.25) is 0 Å². The van der Waals surface area contributed by atoms with Crippen LogP contribution in [0.4, 0.5) is 0 Å². The molecule has 0 radical (unpaired) electrons. The molecule has 1 aromatic carbocycles. The van der Waals surface area contributed by atoms with Gasteiger partial charge in [-0.25, -0.2) is 0 Å². The molecule has 0 amide bonds. The number of rotatable bonds is 7. The maximum absolute atomic E-state index is 5.59. The van der Waals surface area contributed by atoms with Crippen LogP contribution < -0.4 is 5.32 Å². The lowest BCUT2D eigenvalue weighted by molar-refractivity contribution is 0.399. The van der Waals surface area contributed by atoms with Crippen LogP contribution in [0.15, 0.2) is 53.1 Å². The van der Waals surface area contributed by atoms with Crippen molar-refractivity contribution in [1.29, 1.82) is 0 Å². The molecular weight excluding hydrogens is 234 g/mol. The molecule has 1 aromatic heterocycles. The van der Waals surface area contributed by atoms with Gasteiger partial charge < -0.3 is 9.73 Å². The molecular formula is C17H23NO. The first-order valence-corrected chi connectivity index (χ1v) is 7.15. The molecule has 0 fully saturated rings. The van der Waals surface area contributed by atoms with E-state index in [1.807, 2.05) is 18.2 Å². The quantitative estimate of drug-likeness (QED) is 0.788. The topological polar surface area (TPSA) is 25.2 Å². The molecule has 0 bridgehead atoms. The summed E-state index contributed by atoms with van der Waals surface area (Å²) in [4.78, 5) is 0. The first kappa shape index (κ1) is 13.9. The fourth-order valence-electron chi connectivity index (χ4n) is 2.32. The molecule has 2 rings (SSSR count). The molecule has 2 atom stereocenters. The molecule has 0 spiro atoms. The Hall–Kier alpha value is -1.54. The first-order valence-electron chi connectivity index (χ1n) is 7.15. The predicted molar refractivity (Wildman–Crippen MR) is 79.1 cm³/mol. The average molecular weight is 257 g/mol. The van der Waals surface area contributed by atoms with Crippen LogP contribution in [0.1, 0.15) is 50.5 Å². The van der Waals surface area contributed by atoms with Gasteiger partial charge in [0.1, 0.15) is 5.76 Å². The van der Waals surface area contributed by atoms with E-state index >= 15 is 0 Å². The molecule has 0 saturated carbocycles. The minimum atomic E-state index is 0.142. The van der Waals surface area contributed by atoms with Gasteiger partial charge in [-0.2, -0.15) is 0 Å². The van der Waals surface area contributed by atoms with E-state index in [4.69, 9.17) is 4.42 Å². The van der Waals surface area contributed by atoms with Gasteiger partial charge in [0, 0.05) is 6.04 Å². The number of nitrogens with one attached hydrogen (secondary N) is 1. The van der Waals surface area contributed by atoms with E-state index in [1.165, 1.54) is 24.8 Å². The molecule has 1 heterocycles. The van der Waals surface area contributed by atoms with Crippen molar-refractivity contribution in [2.75, 3.05) is 0 Å². The van der Waals surface area contributed by atoms with Gasteiger partial charge >= 0.3 is 0 Å². The third-order valence-corrected chi connectivity index (χ3v) is 3.40. The lowest BCUT2D eigenvalue weighted by Gasteiger charge is -2.22. The number of hydrogen-bond donors (Lipinski definition) is 1. The van der Waals surface area contributed by atoms with Gasteiger partial charge in [-0.05, 0) is 31.0 Å². The monoisotopic (exact) mass is 257 g/mol. The largest absolute Gasteiger partial charge is 0.467 e. The van der Waals surface area contributed by atoms with E-state index in [9.17, 15) is 0 Å². The van der Waals surface area contributed by atoms with Gasteiger partial charge in [-0.1, -0.05) is 50.1 Å². The van der Waals surface area contributed by atoms with Gasteiger partial charge in [0.25, 0.3) is 0 Å². The van der Waals surface area contributed by atoms with Crippen molar-refractivity contribution >= 4 is 0 Å². The summed E-state index contributed by atoms with van der Waals surface area (Å²) < 4.78 is 5.59. The molecule has 1 N–H and O–H groups in total. The number of furan rings is 1. The summed E-state index contributed by atoms with van der Waals surface area (Å²) in [6, 6.07) is 15.1. The second-order valence-corrected chi connectivity index (χ2v) is 5.07. The van der Waals surface area contributed by atoms with Gasteiger partial charge in [0.05, 0.1) is 12.3 Å². The molecule has 2 unspecified atom stereocenters. The van der Waals surface area contributed by atoms with E-state index in [1.54, 1.807) is 6.26 Å². The Morgan fingerprint density at radius 1 is 1.11 bits per heavy atom. The average Bonchev–Trinajstić information content (AvgIpc) is 2.97. The minimum Gasteiger partial charge on any atom is -0.467 e. The van der Waals surface area contributed by atoms with Crippen LogP contribution in [0.5, 0.6) is 0 Å². The highest BCUT2D eigenvalue weighted by molar-refractivity contribution is 5.26. The lowest BCUT2D eigenvalue weighted by atomic mass is 10.0. The summed E-state index contributed by atoms with van der Waals surface area (Å²) in [6.07, 6.45) is 5.43. The SMILES string of the molecule is CCCCC(C)NC(c1ccccc1)c1ccco1. The van der Waals surface area contributed by atoms with E-state index in [0.29, 0.717) is 6.04 Å². The Morgan fingerprint density at radius 3 is 2.53 bits per heavy atom. The van der Waals surface area contributed by atoms with Crippen molar-refractivity contribution in [2.24, 2.45) is 0 Å². The number of unbranched alkanes of at least 4 members (excludes halogenated alkanes) is 1. The predicted octanol–water partition coefficient (Wildman–Crippen LogP) is 4.54. The molecule has 2 nitrogen and oxygen atoms in total. The molecule has 0 aliphatic rings. The van der Waals surface area contributed by atoms with Gasteiger partial charge in [0.2, 0.25) is 0 Å². The number of hydrogen-bond acceptors (Lipinski definition) is 2. The third-order valence-electron chi connectivity index (χ3n) is 3.40. The molecule has 0 saturated heterocycles. The Kier molecular flexibility index (Phi) is 5.22. The van der Waals surface area contributed by atoms with Crippen LogP contribution in [-0.2, 0) is 0 Å². The maximum Gasteiger partial charge on any atom is 0.125 e. The first-order chi connectivity index (χ1) is 9.31. The van der Waals surface area contributed by atoms with Crippen molar-refractivity contribution in [1.82, 2.24) is 5.32 Å². The van der Waals surface area contributed by atoms with E-state index in [2.05, 4.69) is 43.4 Å². The van der Waals surface area contributed by atoms with Crippen LogP contribution in [-0.4, -0.2) is 6.04 Å². The normalized spacial score (nSPS) is 14.2. The van der Waals surface area contributed by atoms with Crippen molar-refractivity contribution in [3.8, 4) is 0 Å². The highest BCUT2D eigenvalue weighted by Crippen LogP contribution is 2.23. The van der Waals surface area contributed by atoms with Crippen molar-refractivity contribution in [3.05, 3.63) is 60.1 Å². The Balaban J connectivity index is 2.12. The van der Waals surface area contributed by atoms with Crippen LogP contribution in [0.3, 0.4) is 0 Å². The Labute approximate surface area is 115 Å². The number of benzene rings is 1. The molecule has 19 heavy (non-hydrogen) atoms. The Bertz CT molecular complexity index is 449. The van der Waals surface area contributed by atoms with E-state index in [-0.39, 0.29) is 6.04 Å². The van der Waals surface area contributed by atoms with Crippen LogP contribution in [0.25, 0.3) is 0 Å². The summed E-state index contributed by atoms with van der Waals surface area (Å²) >= 11 is 0. The zero-order valence-electron chi connectivity index (χ0n) is 11.8. The molecule has 102 valence electrons. The molecule has 2 heteroatoms. The standard InChI is InChI=1S/C17H23NO/c1-3-4-9-14(2)18-17(16-12-8-13-19-16)15-10-6-5-7-11-15/h5-8,10-14,17-18H,3-4,9H2,1-2H3. The second kappa shape index (κ2) is 7.15. The fourth-order valence-corrected chi connectivity index (χ4v) is 2.32. The highest BCUT2D eigenvalue weighted by Gasteiger charge is 2.18. The van der Waals surface area contributed by atoms with E-state index in [0.717, 1.165) is 5.76 Å². The Morgan fingerprint density at radius 2 is 1.89 bits per heavy atom. The maximum atomic E-state index is 5.59. The van der Waals surface area contributed by atoms with Gasteiger partial charge in [-0.3, -0.25) is 0 Å². The fraction of sp³-hybridized carbons (Fsp3) is 0.412. The third kappa shape index (κ3) is 3.97. The molecule has 0 aliphatic carbocycles. The van der Waals surface area contributed by atoms with E-state index < -0.39 is 0 Å². The zero-order chi connectivity index (χ0) is 13.5. The lowest BCUT2D eigenvalue weighted by Crippen LogP contribution is -2.31. The summed E-state index contributed by atoms with van der Waals surface area (Å²) in [5.41, 5.74) is 1.25. The van der Waals surface area contributed by atoms with Crippen LogP contribution in [0, 0.1) is 0 Å².